The molecule has 0 aliphatic rings. The SMILES string of the molecule is CCC(C)(C(=O)N(C)C(C)CO)C(N)=NO. The van der Waals surface area contributed by atoms with Crippen LogP contribution in [0.5, 0.6) is 0 Å². The molecule has 1 amide bonds. The standard InChI is InChI=1S/C10H21N3O3/c1-5-10(3,8(11)12-16)9(15)13(4)7(2)6-14/h7,14,16H,5-6H2,1-4H3,(H2,11,12). The fraction of sp³-hybridized carbons (Fsp3) is 0.800. The van der Waals surface area contributed by atoms with Gasteiger partial charge in [0.15, 0.2) is 5.84 Å². The van der Waals surface area contributed by atoms with E-state index in [0.717, 1.165) is 0 Å². The maximum Gasteiger partial charge on any atom is 0.236 e. The summed E-state index contributed by atoms with van der Waals surface area (Å²) >= 11 is 0. The Kier molecular flexibility index (Phi) is 5.23. The molecule has 6 nitrogen and oxygen atoms in total. The number of amides is 1. The molecule has 0 aromatic carbocycles. The summed E-state index contributed by atoms with van der Waals surface area (Å²) in [4.78, 5) is 13.5. The van der Waals surface area contributed by atoms with E-state index >= 15 is 0 Å². The van der Waals surface area contributed by atoms with E-state index in [4.69, 9.17) is 16.0 Å². The highest BCUT2D eigenvalue weighted by Gasteiger charge is 2.39. The first-order valence-electron chi connectivity index (χ1n) is 5.21. The molecular formula is C10H21N3O3. The first-order valence-corrected chi connectivity index (χ1v) is 5.21. The second-order valence-corrected chi connectivity index (χ2v) is 4.12. The van der Waals surface area contributed by atoms with E-state index in [1.54, 1.807) is 27.8 Å². The van der Waals surface area contributed by atoms with E-state index in [-0.39, 0.29) is 24.4 Å². The monoisotopic (exact) mass is 231 g/mol. The first-order chi connectivity index (χ1) is 7.34. The van der Waals surface area contributed by atoms with Crippen molar-refractivity contribution in [3.05, 3.63) is 0 Å². The molecule has 0 aromatic heterocycles. The lowest BCUT2D eigenvalue weighted by atomic mass is 9.84. The third-order valence-corrected chi connectivity index (χ3v) is 3.10. The van der Waals surface area contributed by atoms with Crippen LogP contribution in [0.3, 0.4) is 0 Å². The molecule has 94 valence electrons. The summed E-state index contributed by atoms with van der Waals surface area (Å²) in [6.07, 6.45) is 0.421. The van der Waals surface area contributed by atoms with E-state index in [2.05, 4.69) is 5.16 Å². The lowest BCUT2D eigenvalue weighted by molar-refractivity contribution is -0.139. The zero-order valence-corrected chi connectivity index (χ0v) is 10.3. The minimum atomic E-state index is -1.03. The van der Waals surface area contributed by atoms with Crippen molar-refractivity contribution in [1.82, 2.24) is 4.90 Å². The summed E-state index contributed by atoms with van der Waals surface area (Å²) in [5, 5.41) is 20.6. The highest BCUT2D eigenvalue weighted by Crippen LogP contribution is 2.24. The Balaban J connectivity index is 5.06. The molecule has 16 heavy (non-hydrogen) atoms. The Morgan fingerprint density at radius 2 is 2.12 bits per heavy atom. The Labute approximate surface area is 95.7 Å². The number of rotatable bonds is 5. The summed E-state index contributed by atoms with van der Waals surface area (Å²) in [5.74, 6) is -0.385. The number of hydrogen-bond donors (Lipinski definition) is 3. The third kappa shape index (κ3) is 2.63. The molecule has 0 aliphatic carbocycles. The molecule has 0 fully saturated rings. The number of aliphatic hydroxyl groups is 1. The number of likely N-dealkylation sites (N-methyl/N-ethyl adjacent to an activating group) is 1. The van der Waals surface area contributed by atoms with Crippen molar-refractivity contribution in [2.45, 2.75) is 33.2 Å². The van der Waals surface area contributed by atoms with Crippen LogP contribution in [0.25, 0.3) is 0 Å². The number of nitrogens with two attached hydrogens (primary N) is 1. The van der Waals surface area contributed by atoms with Gasteiger partial charge in [-0.05, 0) is 20.3 Å². The van der Waals surface area contributed by atoms with E-state index in [0.29, 0.717) is 6.42 Å². The zero-order valence-electron chi connectivity index (χ0n) is 10.3. The summed E-state index contributed by atoms with van der Waals surface area (Å²) in [6, 6.07) is -0.301. The Morgan fingerprint density at radius 1 is 1.62 bits per heavy atom. The zero-order chi connectivity index (χ0) is 12.9. The lowest BCUT2D eigenvalue weighted by Crippen LogP contribution is -2.51. The number of nitrogens with zero attached hydrogens (tertiary/aromatic N) is 2. The molecule has 0 aliphatic heterocycles. The van der Waals surface area contributed by atoms with Crippen LogP contribution in [-0.4, -0.2) is 46.7 Å². The van der Waals surface area contributed by atoms with Crippen molar-refractivity contribution in [2.75, 3.05) is 13.7 Å². The maximum atomic E-state index is 12.1. The topological polar surface area (TPSA) is 99.2 Å². The predicted octanol–water partition coefficient (Wildman–Crippen LogP) is -0.0117. The molecule has 4 N–H and O–H groups in total. The molecule has 6 heteroatoms. The average molecular weight is 231 g/mol. The maximum absolute atomic E-state index is 12.1. The van der Waals surface area contributed by atoms with Crippen molar-refractivity contribution in [3.8, 4) is 0 Å². The number of oxime groups is 1. The van der Waals surface area contributed by atoms with Gasteiger partial charge in [-0.3, -0.25) is 4.79 Å². The molecule has 2 atom stereocenters. The van der Waals surface area contributed by atoms with Crippen LogP contribution in [0, 0.1) is 5.41 Å². The molecule has 0 saturated carbocycles. The largest absolute Gasteiger partial charge is 0.409 e. The predicted molar refractivity (Wildman–Crippen MR) is 61.1 cm³/mol. The van der Waals surface area contributed by atoms with Gasteiger partial charge < -0.3 is 20.9 Å². The lowest BCUT2D eigenvalue weighted by Gasteiger charge is -2.33. The van der Waals surface area contributed by atoms with Gasteiger partial charge in [0.25, 0.3) is 0 Å². The molecule has 0 heterocycles. The van der Waals surface area contributed by atoms with Crippen LogP contribution in [-0.2, 0) is 4.79 Å². The van der Waals surface area contributed by atoms with Gasteiger partial charge in [0, 0.05) is 7.05 Å². The molecule has 0 rings (SSSR count). The van der Waals surface area contributed by atoms with Gasteiger partial charge in [0.2, 0.25) is 5.91 Å². The fourth-order valence-corrected chi connectivity index (χ4v) is 1.26. The molecule has 2 unspecified atom stereocenters. The van der Waals surface area contributed by atoms with Gasteiger partial charge in [-0.1, -0.05) is 12.1 Å². The van der Waals surface area contributed by atoms with Gasteiger partial charge in [-0.2, -0.15) is 0 Å². The van der Waals surface area contributed by atoms with Crippen LogP contribution in [0.4, 0.5) is 0 Å². The van der Waals surface area contributed by atoms with E-state index in [1.807, 2.05) is 0 Å². The summed E-state index contributed by atoms with van der Waals surface area (Å²) < 4.78 is 0. The second kappa shape index (κ2) is 5.69. The highest BCUT2D eigenvalue weighted by molar-refractivity contribution is 6.06. The normalized spacial score (nSPS) is 17.7. The average Bonchev–Trinajstić information content (AvgIpc) is 2.33. The van der Waals surface area contributed by atoms with Crippen molar-refractivity contribution in [1.29, 1.82) is 0 Å². The summed E-state index contributed by atoms with van der Waals surface area (Å²) in [5.41, 5.74) is 4.50. The van der Waals surface area contributed by atoms with Crippen LogP contribution in [0.15, 0.2) is 5.16 Å². The minimum Gasteiger partial charge on any atom is -0.409 e. The van der Waals surface area contributed by atoms with Gasteiger partial charge in [0.1, 0.15) is 5.41 Å². The summed E-state index contributed by atoms with van der Waals surface area (Å²) in [7, 11) is 1.59. The number of aliphatic hydroxyl groups excluding tert-OH is 1. The molecule has 0 aromatic rings. The Morgan fingerprint density at radius 3 is 2.44 bits per heavy atom. The Bertz CT molecular complexity index is 280. The second-order valence-electron chi connectivity index (χ2n) is 4.12. The number of carbonyl (C=O) groups is 1. The molecule has 0 bridgehead atoms. The van der Waals surface area contributed by atoms with Gasteiger partial charge in [-0.25, -0.2) is 0 Å². The molecular weight excluding hydrogens is 210 g/mol. The van der Waals surface area contributed by atoms with Crippen molar-refractivity contribution >= 4 is 11.7 Å². The van der Waals surface area contributed by atoms with E-state index < -0.39 is 5.41 Å². The molecule has 0 spiro atoms. The van der Waals surface area contributed by atoms with Gasteiger partial charge in [-0.15, -0.1) is 0 Å². The fourth-order valence-electron chi connectivity index (χ4n) is 1.26. The van der Waals surface area contributed by atoms with Crippen molar-refractivity contribution < 1.29 is 15.1 Å². The van der Waals surface area contributed by atoms with E-state index in [9.17, 15) is 4.79 Å². The van der Waals surface area contributed by atoms with Crippen LogP contribution in [0.1, 0.15) is 27.2 Å². The number of carbonyl (C=O) groups excluding carboxylic acids is 1. The third-order valence-electron chi connectivity index (χ3n) is 3.10. The number of amidine groups is 1. The smallest absolute Gasteiger partial charge is 0.236 e. The molecule has 0 radical (unpaired) electrons. The van der Waals surface area contributed by atoms with Gasteiger partial charge in [0.05, 0.1) is 12.6 Å². The minimum absolute atomic E-state index is 0.114. The first kappa shape index (κ1) is 14.7. The van der Waals surface area contributed by atoms with E-state index in [1.165, 1.54) is 4.90 Å². The van der Waals surface area contributed by atoms with Crippen LogP contribution >= 0.6 is 0 Å². The van der Waals surface area contributed by atoms with Crippen molar-refractivity contribution in [3.63, 3.8) is 0 Å². The van der Waals surface area contributed by atoms with Crippen LogP contribution in [0.2, 0.25) is 0 Å². The van der Waals surface area contributed by atoms with Crippen molar-refractivity contribution in [2.24, 2.45) is 16.3 Å². The molecule has 0 saturated heterocycles. The highest BCUT2D eigenvalue weighted by atomic mass is 16.4. The quantitative estimate of drug-likeness (QED) is 0.268. The van der Waals surface area contributed by atoms with Gasteiger partial charge >= 0.3 is 0 Å². The number of hydrogen-bond acceptors (Lipinski definition) is 4. The summed E-state index contributed by atoms with van der Waals surface area (Å²) in [6.45, 7) is 5.00. The van der Waals surface area contributed by atoms with Crippen LogP contribution < -0.4 is 5.73 Å². The Hall–Kier alpha value is -1.30.